The number of nitrogens with one attached hydrogen (secondary N) is 2. The zero-order chi connectivity index (χ0) is 26.1. The molecule has 37 heavy (non-hydrogen) atoms. The molecule has 7 nitrogen and oxygen atoms in total. The molecule has 4 aromatic rings. The van der Waals surface area contributed by atoms with Gasteiger partial charge in [0.1, 0.15) is 11.3 Å². The Morgan fingerprint density at radius 3 is 2.65 bits per heavy atom. The number of benzene rings is 2. The van der Waals surface area contributed by atoms with Crippen molar-refractivity contribution in [3.63, 3.8) is 0 Å². The van der Waals surface area contributed by atoms with Crippen LogP contribution in [0.1, 0.15) is 54.9 Å². The van der Waals surface area contributed by atoms with Crippen LogP contribution in [0, 0.1) is 5.82 Å². The van der Waals surface area contributed by atoms with Gasteiger partial charge in [0.15, 0.2) is 0 Å². The van der Waals surface area contributed by atoms with Crippen molar-refractivity contribution in [2.45, 2.75) is 51.6 Å². The number of carbonyl (C=O) groups excluding carboxylic acids is 1. The molecule has 1 aliphatic carbocycles. The van der Waals surface area contributed by atoms with Crippen LogP contribution in [0.3, 0.4) is 0 Å². The number of fused-ring (bicyclic) bond motifs is 3. The molecule has 0 amide bonds. The zero-order valence-corrected chi connectivity index (χ0v) is 21.6. The maximum atomic E-state index is 14.2. The first-order valence-corrected chi connectivity index (χ1v) is 13.0. The van der Waals surface area contributed by atoms with Crippen molar-refractivity contribution in [1.29, 1.82) is 0 Å². The van der Waals surface area contributed by atoms with Crippen LogP contribution in [0.25, 0.3) is 27.5 Å². The molecule has 0 unspecified atom stereocenters. The second kappa shape index (κ2) is 10.4. The molecular weight excluding hydrogens is 471 g/mol. The Morgan fingerprint density at radius 1 is 1.14 bits per heavy atom. The number of halogens is 1. The predicted molar refractivity (Wildman–Crippen MR) is 145 cm³/mol. The van der Waals surface area contributed by atoms with Gasteiger partial charge < -0.3 is 15.0 Å². The summed E-state index contributed by atoms with van der Waals surface area (Å²) in [6.07, 6.45) is 7.73. The van der Waals surface area contributed by atoms with Crippen LogP contribution < -0.4 is 10.9 Å². The van der Waals surface area contributed by atoms with Crippen LogP contribution in [0.2, 0.25) is 0 Å². The minimum atomic E-state index is -0.379. The molecular formula is C29H33FN4O3. The van der Waals surface area contributed by atoms with Gasteiger partial charge in [-0.15, -0.1) is 0 Å². The topological polar surface area (TPSA) is 79.4 Å². The fraction of sp³-hybridized carbons (Fsp3) is 0.379. The van der Waals surface area contributed by atoms with Gasteiger partial charge in [-0.2, -0.15) is 0 Å². The van der Waals surface area contributed by atoms with Gasteiger partial charge in [0, 0.05) is 36.6 Å². The molecule has 1 fully saturated rings. The average Bonchev–Trinajstić information content (AvgIpc) is 3.28. The van der Waals surface area contributed by atoms with E-state index in [-0.39, 0.29) is 17.3 Å². The van der Waals surface area contributed by atoms with Crippen molar-refractivity contribution >= 4 is 33.5 Å². The minimum Gasteiger partial charge on any atom is -0.462 e. The van der Waals surface area contributed by atoms with E-state index in [0.717, 1.165) is 18.4 Å². The molecule has 0 radical (unpaired) electrons. The van der Waals surface area contributed by atoms with E-state index in [9.17, 15) is 14.0 Å². The van der Waals surface area contributed by atoms with Gasteiger partial charge in [-0.1, -0.05) is 19.3 Å². The summed E-state index contributed by atoms with van der Waals surface area (Å²) in [5.74, 6) is -0.750. The first kappa shape index (κ1) is 25.0. The summed E-state index contributed by atoms with van der Waals surface area (Å²) < 4.78 is 21.1. The standard InChI is InChI=1S/C29H33FN4O3/c1-4-37-29(36)18-10-11-25(19(14-18)17-33(3)21-8-6-5-7-9-21)34-13-12-22-23-15-20(30)16-24(31-2)26(23)32-27(22)28(34)35/h10-16,21,31-32H,4-9,17H2,1-3H3. The smallest absolute Gasteiger partial charge is 0.338 e. The summed E-state index contributed by atoms with van der Waals surface area (Å²) in [5.41, 5.74) is 3.49. The number of H-pyrrole nitrogens is 1. The van der Waals surface area contributed by atoms with Crippen molar-refractivity contribution in [2.75, 3.05) is 26.0 Å². The molecule has 8 heteroatoms. The van der Waals surface area contributed by atoms with E-state index in [2.05, 4.69) is 22.2 Å². The number of hydrogen-bond donors (Lipinski definition) is 2. The Labute approximate surface area is 215 Å². The van der Waals surface area contributed by atoms with Crippen LogP contribution in [-0.2, 0) is 11.3 Å². The fourth-order valence-electron chi connectivity index (χ4n) is 5.55. The molecule has 5 rings (SSSR count). The second-order valence-corrected chi connectivity index (χ2v) is 9.80. The van der Waals surface area contributed by atoms with Crippen molar-refractivity contribution < 1.29 is 13.9 Å². The molecule has 2 aromatic carbocycles. The third-order valence-electron chi connectivity index (χ3n) is 7.47. The Kier molecular flexibility index (Phi) is 7.02. The van der Waals surface area contributed by atoms with Crippen molar-refractivity contribution in [1.82, 2.24) is 14.5 Å². The molecule has 1 aliphatic rings. The number of aromatic nitrogens is 2. The van der Waals surface area contributed by atoms with Crippen LogP contribution in [0.15, 0.2) is 47.4 Å². The summed E-state index contributed by atoms with van der Waals surface area (Å²) in [5, 5.41) is 4.31. The number of carbonyl (C=O) groups is 1. The fourth-order valence-corrected chi connectivity index (χ4v) is 5.55. The Morgan fingerprint density at radius 2 is 1.92 bits per heavy atom. The van der Waals surface area contributed by atoms with Crippen LogP contribution in [-0.4, -0.2) is 47.2 Å². The number of aromatic amines is 1. The highest BCUT2D eigenvalue weighted by Gasteiger charge is 2.21. The first-order chi connectivity index (χ1) is 17.9. The van der Waals surface area contributed by atoms with Crippen molar-refractivity contribution in [2.24, 2.45) is 0 Å². The van der Waals surface area contributed by atoms with Gasteiger partial charge in [0.05, 0.1) is 29.1 Å². The van der Waals surface area contributed by atoms with Crippen molar-refractivity contribution in [3.8, 4) is 5.69 Å². The van der Waals surface area contributed by atoms with Crippen LogP contribution in [0.5, 0.6) is 0 Å². The van der Waals surface area contributed by atoms with E-state index in [1.165, 1.54) is 31.4 Å². The van der Waals surface area contributed by atoms with Crippen LogP contribution in [0.4, 0.5) is 10.1 Å². The van der Waals surface area contributed by atoms with Gasteiger partial charge in [0.2, 0.25) is 0 Å². The lowest BCUT2D eigenvalue weighted by Crippen LogP contribution is -2.33. The third-order valence-corrected chi connectivity index (χ3v) is 7.47. The summed E-state index contributed by atoms with van der Waals surface area (Å²) in [6.45, 7) is 2.67. The Bertz CT molecular complexity index is 1520. The molecule has 0 bridgehead atoms. The monoisotopic (exact) mass is 504 g/mol. The lowest BCUT2D eigenvalue weighted by atomic mass is 9.94. The summed E-state index contributed by atoms with van der Waals surface area (Å²) >= 11 is 0. The normalized spacial score (nSPS) is 14.5. The van der Waals surface area contributed by atoms with Gasteiger partial charge in [-0.05, 0) is 68.8 Å². The van der Waals surface area contributed by atoms with Gasteiger partial charge in [-0.25, -0.2) is 9.18 Å². The summed E-state index contributed by atoms with van der Waals surface area (Å²) in [4.78, 5) is 31.8. The lowest BCUT2D eigenvalue weighted by Gasteiger charge is -2.31. The number of anilines is 1. The van der Waals surface area contributed by atoms with E-state index in [1.54, 1.807) is 30.8 Å². The molecule has 0 spiro atoms. The Hall–Kier alpha value is -3.65. The summed E-state index contributed by atoms with van der Waals surface area (Å²) in [7, 11) is 3.83. The predicted octanol–water partition coefficient (Wildman–Crippen LogP) is 5.59. The van der Waals surface area contributed by atoms with E-state index < -0.39 is 0 Å². The zero-order valence-electron chi connectivity index (χ0n) is 21.6. The molecule has 2 heterocycles. The second-order valence-electron chi connectivity index (χ2n) is 9.80. The number of pyridine rings is 1. The molecule has 194 valence electrons. The number of ether oxygens (including phenoxy) is 1. The highest BCUT2D eigenvalue weighted by atomic mass is 19.1. The SMILES string of the molecule is CCOC(=O)c1ccc(-n2ccc3c([nH]c4c(NC)cc(F)cc43)c2=O)c(CN(C)C2CCCCC2)c1. The first-order valence-electron chi connectivity index (χ1n) is 13.0. The molecule has 0 atom stereocenters. The third kappa shape index (κ3) is 4.73. The summed E-state index contributed by atoms with van der Waals surface area (Å²) in [6, 6.07) is 10.5. The van der Waals surface area contributed by atoms with E-state index in [4.69, 9.17) is 4.74 Å². The molecule has 0 aliphatic heterocycles. The molecule has 2 N–H and O–H groups in total. The highest BCUT2D eigenvalue weighted by molar-refractivity contribution is 6.10. The highest BCUT2D eigenvalue weighted by Crippen LogP contribution is 2.31. The van der Waals surface area contributed by atoms with E-state index in [1.807, 2.05) is 18.2 Å². The number of rotatable bonds is 7. The van der Waals surface area contributed by atoms with Crippen LogP contribution >= 0.6 is 0 Å². The average molecular weight is 505 g/mol. The maximum Gasteiger partial charge on any atom is 0.338 e. The quantitative estimate of drug-likeness (QED) is 0.321. The van der Waals surface area contributed by atoms with Gasteiger partial charge >= 0.3 is 5.97 Å². The molecule has 0 saturated heterocycles. The number of nitrogens with zero attached hydrogens (tertiary/aromatic N) is 2. The lowest BCUT2D eigenvalue weighted by molar-refractivity contribution is 0.0526. The van der Waals surface area contributed by atoms with Gasteiger partial charge in [0.25, 0.3) is 5.56 Å². The molecule has 1 saturated carbocycles. The van der Waals surface area contributed by atoms with E-state index in [0.29, 0.717) is 57.9 Å². The molecule has 2 aromatic heterocycles. The van der Waals surface area contributed by atoms with Gasteiger partial charge in [-0.3, -0.25) is 14.3 Å². The largest absolute Gasteiger partial charge is 0.462 e. The van der Waals surface area contributed by atoms with E-state index >= 15 is 0 Å². The number of esters is 1. The number of hydrogen-bond acceptors (Lipinski definition) is 5. The van der Waals surface area contributed by atoms with Crippen molar-refractivity contribution in [3.05, 3.63) is 69.9 Å². The Balaban J connectivity index is 1.63. The minimum absolute atomic E-state index is 0.235. The maximum absolute atomic E-state index is 14.2.